The molecule has 0 aliphatic heterocycles. The Balaban J connectivity index is 1.71. The molecule has 0 spiro atoms. The Morgan fingerprint density at radius 2 is 1.86 bits per heavy atom. The molecule has 0 saturated heterocycles. The molecule has 1 aliphatic rings. The molecule has 1 aliphatic carbocycles. The van der Waals surface area contributed by atoms with Crippen LogP contribution in [0.4, 0.5) is 11.6 Å². The molecule has 1 saturated carbocycles. The number of imidazole rings is 1. The summed E-state index contributed by atoms with van der Waals surface area (Å²) in [4.78, 5) is 4.94. The van der Waals surface area contributed by atoms with Crippen LogP contribution >= 0.6 is 0 Å². The molecule has 3 aromatic rings. The highest BCUT2D eigenvalue weighted by atomic mass is 16.5. The summed E-state index contributed by atoms with van der Waals surface area (Å²) in [5.74, 6) is 2.54. The van der Waals surface area contributed by atoms with Crippen molar-refractivity contribution in [2.45, 2.75) is 53.0 Å². The number of rotatable bonds is 5. The van der Waals surface area contributed by atoms with Gasteiger partial charge >= 0.3 is 0 Å². The van der Waals surface area contributed by atoms with Gasteiger partial charge in [-0.05, 0) is 73.9 Å². The van der Waals surface area contributed by atoms with Crippen LogP contribution in [0.3, 0.4) is 0 Å². The summed E-state index contributed by atoms with van der Waals surface area (Å²) < 4.78 is 8.00. The minimum atomic E-state index is 0.351. The highest BCUT2D eigenvalue weighted by molar-refractivity contribution is 5.80. The van der Waals surface area contributed by atoms with Crippen LogP contribution in [0, 0.1) is 11.3 Å². The summed E-state index contributed by atoms with van der Waals surface area (Å²) >= 11 is 0. The number of hydrogen-bond acceptors (Lipinski definition) is 3. The monoisotopic (exact) mass is 377 g/mol. The fraction of sp³-hybridized carbons (Fsp3) is 0.458. The summed E-state index contributed by atoms with van der Waals surface area (Å²) in [5, 5.41) is 3.57. The third kappa shape index (κ3) is 3.87. The van der Waals surface area contributed by atoms with Crippen molar-refractivity contribution in [3.05, 3.63) is 48.5 Å². The van der Waals surface area contributed by atoms with Crippen LogP contribution in [0.25, 0.3) is 11.0 Å². The Labute approximate surface area is 167 Å². The van der Waals surface area contributed by atoms with E-state index in [1.165, 1.54) is 24.8 Å². The van der Waals surface area contributed by atoms with Crippen molar-refractivity contribution < 1.29 is 4.74 Å². The van der Waals surface area contributed by atoms with E-state index in [1.807, 2.05) is 19.1 Å². The topological polar surface area (TPSA) is 39.1 Å². The van der Waals surface area contributed by atoms with Crippen LogP contribution in [-0.4, -0.2) is 16.2 Å². The van der Waals surface area contributed by atoms with E-state index in [4.69, 9.17) is 9.72 Å². The van der Waals surface area contributed by atoms with Gasteiger partial charge in [-0.3, -0.25) is 0 Å². The summed E-state index contributed by atoms with van der Waals surface area (Å²) in [7, 11) is 0. The number of anilines is 2. The number of fused-ring (bicyclic) bond motifs is 1. The Hall–Kier alpha value is -2.49. The Kier molecular flexibility index (Phi) is 5.05. The van der Waals surface area contributed by atoms with E-state index in [2.05, 4.69) is 67.1 Å². The molecule has 1 N–H and O–H groups in total. The standard InChI is InChI=1S/C24H31N3O/c1-5-28-20-12-10-18(11-13-20)25-23-26-21-8-6-7-9-22(21)27(23)19-14-17(2)15-24(3,4)16-19/h6-13,17,19H,5,14-16H2,1-4H3,(H,25,26)/t17-,19-/m1/s1. The molecule has 1 fully saturated rings. The Bertz CT molecular complexity index is 942. The van der Waals surface area contributed by atoms with Crippen LogP contribution in [0.15, 0.2) is 48.5 Å². The Morgan fingerprint density at radius 3 is 2.57 bits per heavy atom. The van der Waals surface area contributed by atoms with Gasteiger partial charge in [-0.25, -0.2) is 4.98 Å². The summed E-state index contributed by atoms with van der Waals surface area (Å²) in [6.07, 6.45) is 3.66. The second-order valence-corrected chi connectivity index (χ2v) is 8.94. The smallest absolute Gasteiger partial charge is 0.208 e. The zero-order valence-corrected chi connectivity index (χ0v) is 17.4. The number of ether oxygens (including phenoxy) is 1. The third-order valence-electron chi connectivity index (χ3n) is 5.75. The van der Waals surface area contributed by atoms with Gasteiger partial charge in [-0.2, -0.15) is 0 Å². The van der Waals surface area contributed by atoms with Gasteiger partial charge in [-0.1, -0.05) is 32.9 Å². The molecule has 28 heavy (non-hydrogen) atoms. The number of hydrogen-bond donors (Lipinski definition) is 1. The van der Waals surface area contributed by atoms with Crippen molar-refractivity contribution in [1.29, 1.82) is 0 Å². The number of benzene rings is 2. The summed E-state index contributed by atoms with van der Waals surface area (Å²) in [6, 6.07) is 17.0. The van der Waals surface area contributed by atoms with Crippen molar-refractivity contribution in [3.8, 4) is 5.75 Å². The molecule has 0 unspecified atom stereocenters. The average molecular weight is 378 g/mol. The lowest BCUT2D eigenvalue weighted by atomic mass is 9.70. The molecule has 148 valence electrons. The van der Waals surface area contributed by atoms with Crippen LogP contribution in [0.1, 0.15) is 53.0 Å². The maximum Gasteiger partial charge on any atom is 0.208 e. The lowest BCUT2D eigenvalue weighted by Gasteiger charge is -2.40. The molecule has 0 amide bonds. The van der Waals surface area contributed by atoms with Gasteiger partial charge in [0.2, 0.25) is 5.95 Å². The van der Waals surface area contributed by atoms with E-state index in [1.54, 1.807) is 0 Å². The minimum absolute atomic E-state index is 0.351. The Morgan fingerprint density at radius 1 is 1.11 bits per heavy atom. The zero-order chi connectivity index (χ0) is 19.7. The second kappa shape index (κ2) is 7.50. The molecule has 4 heteroatoms. The predicted octanol–water partition coefficient (Wildman–Crippen LogP) is 6.57. The second-order valence-electron chi connectivity index (χ2n) is 8.94. The van der Waals surface area contributed by atoms with Gasteiger partial charge in [-0.15, -0.1) is 0 Å². The number of nitrogens with one attached hydrogen (secondary N) is 1. The molecule has 4 nitrogen and oxygen atoms in total. The van der Waals surface area contributed by atoms with Crippen LogP contribution in [0.5, 0.6) is 5.75 Å². The first-order valence-corrected chi connectivity index (χ1v) is 10.4. The van der Waals surface area contributed by atoms with Gasteiger partial charge in [0.25, 0.3) is 0 Å². The van der Waals surface area contributed by atoms with Gasteiger partial charge in [0, 0.05) is 11.7 Å². The van der Waals surface area contributed by atoms with Crippen LogP contribution < -0.4 is 10.1 Å². The van der Waals surface area contributed by atoms with Gasteiger partial charge in [0.05, 0.1) is 17.6 Å². The van der Waals surface area contributed by atoms with Crippen LogP contribution in [0.2, 0.25) is 0 Å². The predicted molar refractivity (Wildman–Crippen MR) is 116 cm³/mol. The zero-order valence-electron chi connectivity index (χ0n) is 17.4. The van der Waals surface area contributed by atoms with E-state index in [0.717, 1.165) is 22.9 Å². The van der Waals surface area contributed by atoms with Crippen molar-refractivity contribution in [3.63, 3.8) is 0 Å². The van der Waals surface area contributed by atoms with Crippen molar-refractivity contribution in [2.75, 3.05) is 11.9 Å². The van der Waals surface area contributed by atoms with E-state index in [-0.39, 0.29) is 0 Å². The molecule has 2 atom stereocenters. The lowest BCUT2D eigenvalue weighted by molar-refractivity contribution is 0.140. The molecule has 1 aromatic heterocycles. The van der Waals surface area contributed by atoms with Gasteiger partial charge < -0.3 is 14.6 Å². The highest BCUT2D eigenvalue weighted by Gasteiger charge is 2.34. The lowest BCUT2D eigenvalue weighted by Crippen LogP contribution is -2.29. The first kappa shape index (κ1) is 18.9. The number of nitrogens with zero attached hydrogens (tertiary/aromatic N) is 2. The fourth-order valence-electron chi connectivity index (χ4n) is 4.92. The summed E-state index contributed by atoms with van der Waals surface area (Å²) in [5.41, 5.74) is 3.64. The molecular formula is C24H31N3O. The van der Waals surface area contributed by atoms with E-state index in [9.17, 15) is 0 Å². The minimum Gasteiger partial charge on any atom is -0.494 e. The van der Waals surface area contributed by atoms with Gasteiger partial charge in [0.1, 0.15) is 5.75 Å². The number of para-hydroxylation sites is 2. The summed E-state index contributed by atoms with van der Waals surface area (Å²) in [6.45, 7) is 9.86. The van der Waals surface area contributed by atoms with Crippen molar-refractivity contribution in [2.24, 2.45) is 11.3 Å². The van der Waals surface area contributed by atoms with Crippen LogP contribution in [-0.2, 0) is 0 Å². The first-order chi connectivity index (χ1) is 13.4. The van der Waals surface area contributed by atoms with Crippen molar-refractivity contribution >= 4 is 22.7 Å². The largest absolute Gasteiger partial charge is 0.494 e. The quantitative estimate of drug-likeness (QED) is 0.547. The van der Waals surface area contributed by atoms with E-state index in [0.29, 0.717) is 24.0 Å². The SMILES string of the molecule is CCOc1ccc(Nc2nc3ccccc3n2[C@@H]2C[C@@H](C)CC(C)(C)C2)cc1. The van der Waals surface area contributed by atoms with E-state index >= 15 is 0 Å². The maximum atomic E-state index is 5.56. The molecule has 4 rings (SSSR count). The molecule has 2 aromatic carbocycles. The fourth-order valence-corrected chi connectivity index (χ4v) is 4.92. The maximum absolute atomic E-state index is 5.56. The normalized spacial score (nSPS) is 21.6. The van der Waals surface area contributed by atoms with Gasteiger partial charge in [0.15, 0.2) is 0 Å². The third-order valence-corrected chi connectivity index (χ3v) is 5.75. The molecule has 0 radical (unpaired) electrons. The van der Waals surface area contributed by atoms with E-state index < -0.39 is 0 Å². The van der Waals surface area contributed by atoms with Crippen molar-refractivity contribution in [1.82, 2.24) is 9.55 Å². The molecule has 0 bridgehead atoms. The molecule has 1 heterocycles. The molecular weight excluding hydrogens is 346 g/mol. The number of aromatic nitrogens is 2. The average Bonchev–Trinajstić information content (AvgIpc) is 3.00. The first-order valence-electron chi connectivity index (χ1n) is 10.4. The highest BCUT2D eigenvalue weighted by Crippen LogP contribution is 2.46.